The monoisotopic (exact) mass is 966 g/mol. The van der Waals surface area contributed by atoms with Gasteiger partial charge in [0.1, 0.15) is 5.82 Å². The molecule has 60 heavy (non-hydrogen) atoms. The van der Waals surface area contributed by atoms with E-state index in [4.69, 9.17) is 9.72 Å². The molecule has 0 saturated carbocycles. The Hall–Kier alpha value is -5.84. The van der Waals surface area contributed by atoms with E-state index in [0.29, 0.717) is 17.2 Å². The molecule has 0 aliphatic heterocycles. The van der Waals surface area contributed by atoms with Crippen LogP contribution in [0.2, 0.25) is 0 Å². The van der Waals surface area contributed by atoms with E-state index < -0.39 is 0 Å². The van der Waals surface area contributed by atoms with Gasteiger partial charge >= 0.3 is 0 Å². The Morgan fingerprint density at radius 3 is 2.00 bits per heavy atom. The van der Waals surface area contributed by atoms with Crippen molar-refractivity contribution in [2.24, 2.45) is 0 Å². The van der Waals surface area contributed by atoms with E-state index >= 15 is 0 Å². The van der Waals surface area contributed by atoms with Crippen LogP contribution in [0.1, 0.15) is 79.0 Å². The first kappa shape index (κ1) is 40.9. The van der Waals surface area contributed by atoms with Crippen LogP contribution < -0.4 is 9.30 Å². The van der Waals surface area contributed by atoms with Crippen molar-refractivity contribution in [2.45, 2.75) is 78.6 Å². The minimum absolute atomic E-state index is 0. The van der Waals surface area contributed by atoms with Crippen LogP contribution >= 0.6 is 0 Å². The molecule has 0 unspecified atom stereocenters. The van der Waals surface area contributed by atoms with E-state index in [0.717, 1.165) is 55.5 Å². The molecule has 0 N–H and O–H groups in total. The molecule has 0 amide bonds. The van der Waals surface area contributed by atoms with Crippen LogP contribution in [0, 0.1) is 18.5 Å². The summed E-state index contributed by atoms with van der Waals surface area (Å²) in [6, 6.07) is 47.9. The molecule has 7 heteroatoms. The first-order valence-electron chi connectivity index (χ1n) is 20.3. The molecule has 0 saturated heterocycles. The molecule has 6 nitrogen and oxygen atoms in total. The molecule has 0 radical (unpaired) electrons. The normalized spacial score (nSPS) is 12.3. The van der Waals surface area contributed by atoms with Gasteiger partial charge in [0.2, 0.25) is 0 Å². The third-order valence-electron chi connectivity index (χ3n) is 11.2. The zero-order chi connectivity index (χ0) is 41.3. The summed E-state index contributed by atoms with van der Waals surface area (Å²) in [7, 11) is 0. The largest absolute Gasteiger partial charge is 0.508 e. The quantitative estimate of drug-likeness (QED) is 0.123. The minimum Gasteiger partial charge on any atom is -0.508 e. The molecule has 4 heterocycles. The van der Waals surface area contributed by atoms with Gasteiger partial charge in [-0.05, 0) is 97.7 Å². The Kier molecular flexibility index (Phi) is 10.4. The summed E-state index contributed by atoms with van der Waals surface area (Å²) in [5.74, 6) is 1.87. The molecular formula is C53H49N5OPt-2. The van der Waals surface area contributed by atoms with E-state index in [-0.39, 0.29) is 37.3 Å². The van der Waals surface area contributed by atoms with Gasteiger partial charge in [-0.15, -0.1) is 23.6 Å². The molecular weight excluding hydrogens is 918 g/mol. The number of benzene rings is 5. The van der Waals surface area contributed by atoms with Crippen LogP contribution in [0.3, 0.4) is 0 Å². The molecule has 0 aliphatic rings. The van der Waals surface area contributed by atoms with Crippen LogP contribution in [-0.4, -0.2) is 19.1 Å². The van der Waals surface area contributed by atoms with Gasteiger partial charge in [0.25, 0.3) is 6.33 Å². The van der Waals surface area contributed by atoms with E-state index in [2.05, 4.69) is 204 Å². The first-order chi connectivity index (χ1) is 28.1. The second-order valence-corrected chi connectivity index (χ2v) is 18.6. The number of imidazole rings is 1. The SMILES string of the molecule is CC(C)(C)c1cc(-[n+]2[c-]n(-c3[c-]c(Oc4[c-]c5c(cc4)c4ccccc4n5-c4cc(C(C)(C)C)ccn4)cnc3)c3ccc(-c4ccccc4)cc32)cc(C(C)(C)C)c1.[Pt]. The van der Waals surface area contributed by atoms with E-state index in [1.54, 1.807) is 6.20 Å². The number of hydrogen-bond acceptors (Lipinski definition) is 3. The minimum atomic E-state index is -0.0467. The maximum absolute atomic E-state index is 6.56. The zero-order valence-corrected chi connectivity index (χ0v) is 37.9. The standard InChI is InChI=1S/C53H49N5O.Pt/c1-51(2,3)37-23-24-55-50(29-37)58-46-18-14-13-17-44(46)45-21-20-42(31-48(45)58)59-43-30-41(32-54-33-43)57-34-56(40-27-38(52(4,5)6)26-39(28-40)53(7,8)9)49-25-36(19-22-47(49)57)35-15-11-10-12-16-35;/h10-29,32-33H,1-9H3;/q-2;. The second kappa shape index (κ2) is 15.3. The Bertz CT molecular complexity index is 3000. The van der Waals surface area contributed by atoms with Crippen LogP contribution in [0.25, 0.3) is 61.2 Å². The topological polar surface area (TPSA) is 48.8 Å². The summed E-state index contributed by atoms with van der Waals surface area (Å²) in [6.07, 6.45) is 9.11. The number of pyridine rings is 2. The third kappa shape index (κ3) is 7.70. The third-order valence-corrected chi connectivity index (χ3v) is 11.2. The molecule has 0 fully saturated rings. The average Bonchev–Trinajstić information content (AvgIpc) is 3.76. The van der Waals surface area contributed by atoms with Crippen molar-refractivity contribution < 1.29 is 30.4 Å². The number of nitrogens with zero attached hydrogens (tertiary/aromatic N) is 5. The number of rotatable bonds is 6. The molecule has 0 aliphatic carbocycles. The Balaban J connectivity index is 0.00000499. The van der Waals surface area contributed by atoms with Gasteiger partial charge in [-0.25, -0.2) is 4.98 Å². The predicted molar refractivity (Wildman–Crippen MR) is 239 cm³/mol. The first-order valence-corrected chi connectivity index (χ1v) is 20.3. The number of ether oxygens (including phenoxy) is 1. The van der Waals surface area contributed by atoms with Crippen molar-refractivity contribution >= 4 is 32.8 Å². The van der Waals surface area contributed by atoms with Gasteiger partial charge < -0.3 is 18.9 Å². The zero-order valence-electron chi connectivity index (χ0n) is 35.7. The molecule has 9 aromatic rings. The van der Waals surface area contributed by atoms with Crippen molar-refractivity contribution in [3.05, 3.63) is 169 Å². The molecule has 9 rings (SSSR count). The fourth-order valence-corrected chi connectivity index (χ4v) is 7.73. The average molecular weight is 967 g/mol. The number of fused-ring (bicyclic) bond motifs is 4. The summed E-state index contributed by atoms with van der Waals surface area (Å²) in [4.78, 5) is 9.50. The van der Waals surface area contributed by atoms with Crippen LogP contribution in [-0.2, 0) is 37.3 Å². The van der Waals surface area contributed by atoms with Gasteiger partial charge in [-0.3, -0.25) is 4.57 Å². The second-order valence-electron chi connectivity index (χ2n) is 18.6. The van der Waals surface area contributed by atoms with Crippen molar-refractivity contribution in [1.82, 2.24) is 19.1 Å². The number of hydrogen-bond donors (Lipinski definition) is 0. The van der Waals surface area contributed by atoms with Gasteiger partial charge in [0, 0.05) is 44.3 Å². The molecule has 304 valence electrons. The van der Waals surface area contributed by atoms with Crippen molar-refractivity contribution in [3.8, 4) is 39.8 Å². The summed E-state index contributed by atoms with van der Waals surface area (Å²) in [5.41, 5.74) is 11.6. The molecule has 0 atom stereocenters. The fourth-order valence-electron chi connectivity index (χ4n) is 7.73. The van der Waals surface area contributed by atoms with Crippen molar-refractivity contribution in [2.75, 3.05) is 0 Å². The van der Waals surface area contributed by atoms with Gasteiger partial charge in [0.05, 0.1) is 16.7 Å². The van der Waals surface area contributed by atoms with Crippen LogP contribution in [0.5, 0.6) is 11.5 Å². The maximum atomic E-state index is 6.56. The smallest absolute Gasteiger partial charge is 0.268 e. The number of aromatic nitrogens is 5. The van der Waals surface area contributed by atoms with Gasteiger partial charge in [-0.1, -0.05) is 141 Å². The van der Waals surface area contributed by atoms with Gasteiger partial charge in [-0.2, -0.15) is 6.07 Å². The van der Waals surface area contributed by atoms with Crippen LogP contribution in [0.15, 0.2) is 134 Å². The van der Waals surface area contributed by atoms with Crippen molar-refractivity contribution in [3.63, 3.8) is 0 Å². The predicted octanol–water partition coefficient (Wildman–Crippen LogP) is 12.5. The molecule has 4 aromatic heterocycles. The van der Waals surface area contributed by atoms with E-state index in [1.165, 1.54) is 16.7 Å². The summed E-state index contributed by atoms with van der Waals surface area (Å²) in [6.45, 7) is 20.3. The van der Waals surface area contributed by atoms with E-state index in [1.807, 2.05) is 23.0 Å². The molecule has 0 spiro atoms. The molecule has 0 bridgehead atoms. The Morgan fingerprint density at radius 2 is 1.28 bits per heavy atom. The van der Waals surface area contributed by atoms with Crippen LogP contribution in [0.4, 0.5) is 0 Å². The maximum Gasteiger partial charge on any atom is 0.268 e. The Morgan fingerprint density at radius 1 is 0.583 bits per heavy atom. The Labute approximate surface area is 367 Å². The summed E-state index contributed by atoms with van der Waals surface area (Å²) < 4.78 is 12.9. The van der Waals surface area contributed by atoms with Gasteiger partial charge in [0.15, 0.2) is 0 Å². The summed E-state index contributed by atoms with van der Waals surface area (Å²) >= 11 is 0. The molecule has 5 aromatic carbocycles. The van der Waals surface area contributed by atoms with E-state index in [9.17, 15) is 0 Å². The summed E-state index contributed by atoms with van der Waals surface area (Å²) in [5, 5.41) is 2.20. The van der Waals surface area contributed by atoms with Crippen molar-refractivity contribution in [1.29, 1.82) is 0 Å². The fraction of sp³-hybridized carbons (Fsp3) is 0.226. The number of para-hydroxylation sites is 1.